The van der Waals surface area contributed by atoms with Crippen molar-refractivity contribution in [3.05, 3.63) is 64.7 Å². The van der Waals surface area contributed by atoms with Crippen molar-refractivity contribution in [2.75, 3.05) is 5.32 Å². The normalized spacial score (nSPS) is 17.4. The third kappa shape index (κ3) is 5.29. The zero-order valence-corrected chi connectivity index (χ0v) is 18.2. The topological polar surface area (TPSA) is 105 Å². The van der Waals surface area contributed by atoms with Gasteiger partial charge in [0.1, 0.15) is 10.9 Å². The van der Waals surface area contributed by atoms with Crippen LogP contribution in [0.2, 0.25) is 0 Å². The average molecular weight is 441 g/mol. The van der Waals surface area contributed by atoms with Gasteiger partial charge in [0.05, 0.1) is 4.92 Å². The number of nitrogens with one attached hydrogen (secondary N) is 1. The molecule has 1 N–H and O–H groups in total. The van der Waals surface area contributed by atoms with Gasteiger partial charge in [0.15, 0.2) is 5.17 Å². The van der Waals surface area contributed by atoms with Crippen LogP contribution in [0.4, 0.5) is 17.1 Å². The number of hydrogen-bond donors (Lipinski definition) is 1. The molecule has 1 saturated heterocycles. The van der Waals surface area contributed by atoms with Gasteiger partial charge in [0, 0.05) is 24.2 Å². The number of benzene rings is 2. The van der Waals surface area contributed by atoms with Gasteiger partial charge in [0.25, 0.3) is 5.69 Å². The maximum absolute atomic E-state index is 13.2. The minimum atomic E-state index is -0.633. The smallest absolute Gasteiger partial charge is 0.294 e. The van der Waals surface area contributed by atoms with E-state index in [4.69, 9.17) is 0 Å². The molecule has 1 heterocycles. The van der Waals surface area contributed by atoms with Gasteiger partial charge in [-0.15, -0.1) is 0 Å². The van der Waals surface area contributed by atoms with Gasteiger partial charge in [-0.05, 0) is 31.0 Å². The maximum Gasteiger partial charge on any atom is 0.294 e. The van der Waals surface area contributed by atoms with E-state index >= 15 is 0 Å². The minimum Gasteiger partial charge on any atom is -0.326 e. The van der Waals surface area contributed by atoms with Crippen LogP contribution in [0.1, 0.15) is 33.1 Å². The van der Waals surface area contributed by atoms with Crippen LogP contribution in [0.15, 0.2) is 59.6 Å². The highest BCUT2D eigenvalue weighted by Crippen LogP contribution is 2.36. The van der Waals surface area contributed by atoms with Gasteiger partial charge >= 0.3 is 0 Å². The number of amidine groups is 1. The molecule has 0 aromatic heterocycles. The monoisotopic (exact) mass is 440 g/mol. The van der Waals surface area contributed by atoms with Crippen molar-refractivity contribution in [3.63, 3.8) is 0 Å². The lowest BCUT2D eigenvalue weighted by atomic mass is 10.1. The lowest BCUT2D eigenvalue weighted by Gasteiger charge is -2.25. The Balaban J connectivity index is 1.87. The van der Waals surface area contributed by atoms with E-state index in [0.717, 1.165) is 0 Å². The number of nitrogens with zero attached hydrogens (tertiary/aromatic N) is 3. The molecular weight excluding hydrogens is 416 g/mol. The first-order valence-corrected chi connectivity index (χ1v) is 11.0. The summed E-state index contributed by atoms with van der Waals surface area (Å²) >= 11 is 1.18. The molecule has 1 fully saturated rings. The molecule has 1 unspecified atom stereocenters. The van der Waals surface area contributed by atoms with Crippen LogP contribution >= 0.6 is 11.8 Å². The molecular formula is C22H24N4O4S. The summed E-state index contributed by atoms with van der Waals surface area (Å²) in [5, 5.41) is 13.9. The van der Waals surface area contributed by atoms with Crippen molar-refractivity contribution in [2.24, 2.45) is 4.99 Å². The van der Waals surface area contributed by atoms with Gasteiger partial charge in [-0.25, -0.2) is 4.99 Å². The fraction of sp³-hybridized carbons (Fsp3) is 0.318. The summed E-state index contributed by atoms with van der Waals surface area (Å²) in [5.74, 6) is -0.465. The van der Waals surface area contributed by atoms with E-state index in [-0.39, 0.29) is 35.7 Å². The van der Waals surface area contributed by atoms with Crippen molar-refractivity contribution in [1.29, 1.82) is 0 Å². The third-order valence-corrected chi connectivity index (χ3v) is 6.15. The Labute approximate surface area is 184 Å². The Morgan fingerprint density at radius 1 is 1.16 bits per heavy atom. The first-order chi connectivity index (χ1) is 14.9. The largest absolute Gasteiger partial charge is 0.326 e. The Kier molecular flexibility index (Phi) is 7.41. The number of thioether (sulfide) groups is 1. The number of nitro groups is 1. The molecule has 1 aliphatic heterocycles. The van der Waals surface area contributed by atoms with E-state index < -0.39 is 10.2 Å². The van der Waals surface area contributed by atoms with Gasteiger partial charge in [-0.2, -0.15) is 0 Å². The summed E-state index contributed by atoms with van der Waals surface area (Å²) in [4.78, 5) is 42.7. The molecule has 0 bridgehead atoms. The van der Waals surface area contributed by atoms with Crippen LogP contribution in [-0.2, 0) is 9.59 Å². The van der Waals surface area contributed by atoms with Gasteiger partial charge in [0.2, 0.25) is 11.8 Å². The number of nitro benzene ring substituents is 1. The number of amides is 2. The zero-order chi connectivity index (χ0) is 22.4. The Morgan fingerprint density at radius 3 is 2.45 bits per heavy atom. The van der Waals surface area contributed by atoms with E-state index in [9.17, 15) is 19.7 Å². The molecule has 0 saturated carbocycles. The standard InChI is InChI=1S/C22H24N4O4S/c1-3-16(4-2)25-21(28)19(14-20(27)23-15-10-6-5-7-11-15)31-22(25)24-17-12-8-9-13-18(17)26(29)30/h5-13,16,19H,3-4,14H2,1-2H3,(H,23,27). The highest BCUT2D eigenvalue weighted by molar-refractivity contribution is 8.15. The minimum absolute atomic E-state index is 0.00898. The van der Waals surface area contributed by atoms with Crippen LogP contribution in [0.5, 0.6) is 0 Å². The predicted molar refractivity (Wildman–Crippen MR) is 122 cm³/mol. The lowest BCUT2D eigenvalue weighted by Crippen LogP contribution is -2.41. The number of hydrogen-bond acceptors (Lipinski definition) is 6. The van der Waals surface area contributed by atoms with Crippen LogP contribution in [-0.4, -0.2) is 38.1 Å². The molecule has 0 radical (unpaired) electrons. The lowest BCUT2D eigenvalue weighted by molar-refractivity contribution is -0.384. The molecule has 2 amide bonds. The molecule has 8 nitrogen and oxygen atoms in total. The molecule has 0 aliphatic carbocycles. The molecule has 162 valence electrons. The van der Waals surface area contributed by atoms with E-state index in [1.807, 2.05) is 32.0 Å². The Hall–Kier alpha value is -3.20. The molecule has 1 aliphatic rings. The second-order valence-corrected chi connectivity index (χ2v) is 8.21. The van der Waals surface area contributed by atoms with Crippen molar-refractivity contribution < 1.29 is 14.5 Å². The van der Waals surface area contributed by atoms with Gasteiger partial charge in [-0.3, -0.25) is 24.6 Å². The summed E-state index contributed by atoms with van der Waals surface area (Å²) < 4.78 is 0. The third-order valence-electron chi connectivity index (χ3n) is 5.00. The zero-order valence-electron chi connectivity index (χ0n) is 17.4. The second kappa shape index (κ2) is 10.2. The van der Waals surface area contributed by atoms with Crippen LogP contribution < -0.4 is 5.32 Å². The van der Waals surface area contributed by atoms with Crippen LogP contribution in [0, 0.1) is 10.1 Å². The molecule has 0 spiro atoms. The molecule has 2 aromatic rings. The molecule has 1 atom stereocenters. The number of carbonyl (C=O) groups is 2. The van der Waals surface area contributed by atoms with Crippen molar-refractivity contribution in [2.45, 2.75) is 44.4 Å². The van der Waals surface area contributed by atoms with Crippen LogP contribution in [0.25, 0.3) is 0 Å². The Morgan fingerprint density at radius 2 is 1.81 bits per heavy atom. The first-order valence-electron chi connectivity index (χ1n) is 10.1. The van der Waals surface area contributed by atoms with E-state index in [1.165, 1.54) is 17.8 Å². The molecule has 9 heteroatoms. The number of anilines is 1. The summed E-state index contributed by atoms with van der Waals surface area (Å²) in [6, 6.07) is 15.1. The molecule has 3 rings (SSSR count). The fourth-order valence-corrected chi connectivity index (χ4v) is 4.61. The van der Waals surface area contributed by atoms with Crippen molar-refractivity contribution >= 4 is 45.8 Å². The maximum atomic E-state index is 13.2. The summed E-state index contributed by atoms with van der Waals surface area (Å²) in [6.45, 7) is 3.95. The number of carbonyl (C=O) groups excluding carboxylic acids is 2. The number of aliphatic imine (C=N–C) groups is 1. The first kappa shape index (κ1) is 22.5. The predicted octanol–water partition coefficient (Wildman–Crippen LogP) is 4.74. The van der Waals surface area contributed by atoms with Gasteiger partial charge < -0.3 is 5.32 Å². The summed E-state index contributed by atoms with van der Waals surface area (Å²) in [7, 11) is 0. The van der Waals surface area contributed by atoms with Gasteiger partial charge in [-0.1, -0.05) is 55.9 Å². The number of para-hydroxylation sites is 3. The quantitative estimate of drug-likeness (QED) is 0.471. The molecule has 31 heavy (non-hydrogen) atoms. The van der Waals surface area contributed by atoms with Crippen LogP contribution in [0.3, 0.4) is 0 Å². The average Bonchev–Trinajstić information content (AvgIpc) is 3.05. The Bertz CT molecular complexity index is 992. The summed E-state index contributed by atoms with van der Waals surface area (Å²) in [5.41, 5.74) is 0.722. The fourth-order valence-electron chi connectivity index (χ4n) is 3.40. The highest BCUT2D eigenvalue weighted by Gasteiger charge is 2.42. The van der Waals surface area contributed by atoms with Crippen molar-refractivity contribution in [3.8, 4) is 0 Å². The SMILES string of the molecule is CCC(CC)N1C(=O)C(CC(=O)Nc2ccccc2)SC1=Nc1ccccc1[N+](=O)[O-]. The van der Waals surface area contributed by atoms with E-state index in [0.29, 0.717) is 23.7 Å². The van der Waals surface area contributed by atoms with E-state index in [1.54, 1.807) is 35.2 Å². The second-order valence-electron chi connectivity index (χ2n) is 7.04. The van der Waals surface area contributed by atoms with E-state index in [2.05, 4.69) is 10.3 Å². The van der Waals surface area contributed by atoms with Crippen molar-refractivity contribution in [1.82, 2.24) is 4.90 Å². The highest BCUT2D eigenvalue weighted by atomic mass is 32.2. The number of rotatable bonds is 8. The molecule has 2 aromatic carbocycles. The summed E-state index contributed by atoms with van der Waals surface area (Å²) in [6.07, 6.45) is 1.41.